The van der Waals surface area contributed by atoms with Crippen LogP contribution in [0.25, 0.3) is 22.2 Å². The zero-order valence-corrected chi connectivity index (χ0v) is 17.2. The Labute approximate surface area is 176 Å². The smallest absolute Gasteiger partial charge is 0.110 e. The maximum atomic E-state index is 9.36. The van der Waals surface area contributed by atoms with E-state index in [9.17, 15) is 5.26 Å². The van der Waals surface area contributed by atoms with Crippen LogP contribution in [0.1, 0.15) is 36.7 Å². The van der Waals surface area contributed by atoms with Gasteiger partial charge < -0.3 is 4.57 Å². The first-order valence-corrected chi connectivity index (χ1v) is 10.3. The molecule has 144 valence electrons. The summed E-state index contributed by atoms with van der Waals surface area (Å²) in [5.41, 5.74) is 5.96. The third-order valence-corrected chi connectivity index (χ3v) is 5.43. The first kappa shape index (κ1) is 19.2. The molecule has 0 bridgehead atoms. The Hall–Kier alpha value is -3.09. The monoisotopic (exact) mass is 399 g/mol. The van der Waals surface area contributed by atoms with Crippen molar-refractivity contribution in [2.45, 2.75) is 32.7 Å². The highest BCUT2D eigenvalue weighted by molar-refractivity contribution is 6.31. The van der Waals surface area contributed by atoms with E-state index in [1.807, 2.05) is 42.5 Å². The van der Waals surface area contributed by atoms with E-state index in [0.717, 1.165) is 58.8 Å². The Bertz CT molecular complexity index is 1180. The molecule has 0 N–H and O–H groups in total. The van der Waals surface area contributed by atoms with Crippen LogP contribution in [0.3, 0.4) is 0 Å². The van der Waals surface area contributed by atoms with Crippen LogP contribution in [-0.2, 0) is 13.0 Å². The summed E-state index contributed by atoms with van der Waals surface area (Å²) in [4.78, 5) is 4.84. The first-order valence-electron chi connectivity index (χ1n) is 9.92. The van der Waals surface area contributed by atoms with Gasteiger partial charge >= 0.3 is 0 Å². The number of fused-ring (bicyclic) bond motifs is 1. The van der Waals surface area contributed by atoms with Crippen LogP contribution in [-0.4, -0.2) is 9.55 Å². The lowest BCUT2D eigenvalue weighted by molar-refractivity contribution is 0.690. The second-order valence-corrected chi connectivity index (χ2v) is 7.64. The van der Waals surface area contributed by atoms with Crippen molar-refractivity contribution >= 4 is 22.6 Å². The van der Waals surface area contributed by atoms with Gasteiger partial charge in [0, 0.05) is 18.0 Å². The summed E-state index contributed by atoms with van der Waals surface area (Å²) in [6.45, 7) is 2.94. The highest BCUT2D eigenvalue weighted by Gasteiger charge is 2.12. The number of unbranched alkanes of at least 4 members (excludes halogenated alkanes) is 1. The lowest BCUT2D eigenvalue weighted by atomic mass is 9.99. The number of benzene rings is 3. The van der Waals surface area contributed by atoms with Crippen molar-refractivity contribution in [3.05, 3.63) is 88.7 Å². The number of nitrogens with zero attached hydrogens (tertiary/aromatic N) is 3. The number of aryl methyl sites for hydroxylation is 1. The van der Waals surface area contributed by atoms with Crippen molar-refractivity contribution in [2.75, 3.05) is 0 Å². The molecule has 1 aromatic heterocycles. The Morgan fingerprint density at radius 1 is 1.03 bits per heavy atom. The minimum atomic E-state index is 0.692. The van der Waals surface area contributed by atoms with E-state index in [-0.39, 0.29) is 0 Å². The molecular weight excluding hydrogens is 378 g/mol. The number of hydrogen-bond donors (Lipinski definition) is 0. The molecule has 0 fully saturated rings. The van der Waals surface area contributed by atoms with Crippen LogP contribution >= 0.6 is 11.6 Å². The minimum absolute atomic E-state index is 0.692. The van der Waals surface area contributed by atoms with E-state index in [0.29, 0.717) is 5.56 Å². The average Bonchev–Trinajstić information content (AvgIpc) is 3.09. The largest absolute Gasteiger partial charge is 0.323 e. The first-order chi connectivity index (χ1) is 14.2. The van der Waals surface area contributed by atoms with Gasteiger partial charge in [-0.1, -0.05) is 67.4 Å². The standard InChI is InChI=1S/C25H22ClN3/c1-2-3-8-25-28-23-14-13-21(26)15-24(23)29(25)17-18-9-11-19(12-10-18)22-7-5-4-6-20(22)16-27/h4-7,9-15H,2-3,8,17H2,1H3. The quantitative estimate of drug-likeness (QED) is 0.365. The molecule has 0 aliphatic heterocycles. The molecule has 4 rings (SSSR count). The van der Waals surface area contributed by atoms with Crippen LogP contribution in [0, 0.1) is 11.3 Å². The molecule has 0 unspecified atom stereocenters. The highest BCUT2D eigenvalue weighted by atomic mass is 35.5. The summed E-state index contributed by atoms with van der Waals surface area (Å²) in [5.74, 6) is 1.10. The van der Waals surface area contributed by atoms with Gasteiger partial charge in [0.15, 0.2) is 0 Å². The van der Waals surface area contributed by atoms with Gasteiger partial charge in [-0.3, -0.25) is 0 Å². The molecule has 0 spiro atoms. The second kappa shape index (κ2) is 8.51. The van der Waals surface area contributed by atoms with Gasteiger partial charge in [-0.2, -0.15) is 5.26 Å². The lowest BCUT2D eigenvalue weighted by Crippen LogP contribution is -2.05. The molecule has 3 nitrogen and oxygen atoms in total. The fraction of sp³-hybridized carbons (Fsp3) is 0.200. The summed E-state index contributed by atoms with van der Waals surface area (Å²) in [6, 6.07) is 24.3. The number of halogens is 1. The predicted molar refractivity (Wildman–Crippen MR) is 119 cm³/mol. The zero-order valence-electron chi connectivity index (χ0n) is 16.4. The SMILES string of the molecule is CCCCc1nc2ccc(Cl)cc2n1Cc1ccc(-c2ccccc2C#N)cc1. The predicted octanol–water partition coefficient (Wildman–Crippen LogP) is 6.62. The van der Waals surface area contributed by atoms with Crippen LogP contribution in [0.15, 0.2) is 66.7 Å². The topological polar surface area (TPSA) is 41.6 Å². The minimum Gasteiger partial charge on any atom is -0.323 e. The number of nitriles is 1. The number of imidazole rings is 1. The van der Waals surface area contributed by atoms with Gasteiger partial charge in [-0.05, 0) is 47.4 Å². The Balaban J connectivity index is 1.68. The molecule has 0 atom stereocenters. The Morgan fingerprint density at radius 2 is 1.83 bits per heavy atom. The Kier molecular flexibility index (Phi) is 5.64. The number of rotatable bonds is 6. The van der Waals surface area contributed by atoms with E-state index in [1.165, 1.54) is 5.56 Å². The normalized spacial score (nSPS) is 10.9. The van der Waals surface area contributed by atoms with Crippen molar-refractivity contribution in [2.24, 2.45) is 0 Å². The summed E-state index contributed by atoms with van der Waals surface area (Å²) < 4.78 is 2.27. The second-order valence-electron chi connectivity index (χ2n) is 7.21. The molecule has 0 amide bonds. The molecule has 0 saturated carbocycles. The van der Waals surface area contributed by atoms with Crippen molar-refractivity contribution in [1.29, 1.82) is 5.26 Å². The number of aromatic nitrogens is 2. The molecule has 0 aliphatic rings. The molecular formula is C25H22ClN3. The summed E-state index contributed by atoms with van der Waals surface area (Å²) in [7, 11) is 0. The van der Waals surface area contributed by atoms with Crippen LogP contribution < -0.4 is 0 Å². The molecule has 4 heteroatoms. The zero-order chi connectivity index (χ0) is 20.2. The van der Waals surface area contributed by atoms with Gasteiger partial charge in [0.05, 0.1) is 22.7 Å². The van der Waals surface area contributed by atoms with E-state index < -0.39 is 0 Å². The van der Waals surface area contributed by atoms with Crippen molar-refractivity contribution < 1.29 is 0 Å². The van der Waals surface area contributed by atoms with Gasteiger partial charge in [0.2, 0.25) is 0 Å². The van der Waals surface area contributed by atoms with Gasteiger partial charge in [-0.25, -0.2) is 4.98 Å². The van der Waals surface area contributed by atoms with E-state index in [4.69, 9.17) is 16.6 Å². The number of hydrogen-bond acceptors (Lipinski definition) is 2. The van der Waals surface area contributed by atoms with Crippen LogP contribution in [0.5, 0.6) is 0 Å². The lowest BCUT2D eigenvalue weighted by Gasteiger charge is -2.11. The van der Waals surface area contributed by atoms with E-state index >= 15 is 0 Å². The molecule has 29 heavy (non-hydrogen) atoms. The van der Waals surface area contributed by atoms with E-state index in [2.05, 4.69) is 41.8 Å². The fourth-order valence-electron chi connectivity index (χ4n) is 3.65. The van der Waals surface area contributed by atoms with Crippen molar-refractivity contribution in [3.8, 4) is 17.2 Å². The molecule has 0 radical (unpaired) electrons. The van der Waals surface area contributed by atoms with Crippen molar-refractivity contribution in [3.63, 3.8) is 0 Å². The summed E-state index contributed by atoms with van der Waals surface area (Å²) in [5, 5.41) is 10.1. The summed E-state index contributed by atoms with van der Waals surface area (Å²) >= 11 is 6.26. The van der Waals surface area contributed by atoms with Gasteiger partial charge in [0.1, 0.15) is 5.82 Å². The molecule has 0 aliphatic carbocycles. The van der Waals surface area contributed by atoms with Gasteiger partial charge in [-0.15, -0.1) is 0 Å². The fourth-order valence-corrected chi connectivity index (χ4v) is 3.82. The molecule has 0 saturated heterocycles. The molecule has 4 aromatic rings. The third kappa shape index (κ3) is 4.04. The molecule has 3 aromatic carbocycles. The Morgan fingerprint density at radius 3 is 2.59 bits per heavy atom. The highest BCUT2D eigenvalue weighted by Crippen LogP contribution is 2.26. The van der Waals surface area contributed by atoms with Crippen LogP contribution in [0.2, 0.25) is 5.02 Å². The summed E-state index contributed by atoms with van der Waals surface area (Å²) in [6.07, 6.45) is 3.20. The van der Waals surface area contributed by atoms with Crippen LogP contribution in [0.4, 0.5) is 0 Å². The maximum Gasteiger partial charge on any atom is 0.110 e. The average molecular weight is 400 g/mol. The van der Waals surface area contributed by atoms with E-state index in [1.54, 1.807) is 0 Å². The third-order valence-electron chi connectivity index (χ3n) is 5.20. The van der Waals surface area contributed by atoms with Crippen molar-refractivity contribution in [1.82, 2.24) is 9.55 Å². The maximum absolute atomic E-state index is 9.36. The molecule has 1 heterocycles. The van der Waals surface area contributed by atoms with Gasteiger partial charge in [0.25, 0.3) is 0 Å².